The van der Waals surface area contributed by atoms with Crippen molar-refractivity contribution in [1.29, 1.82) is 0 Å². The lowest BCUT2D eigenvalue weighted by Gasteiger charge is -2.41. The zero-order valence-electron chi connectivity index (χ0n) is 16.9. The van der Waals surface area contributed by atoms with E-state index in [2.05, 4.69) is 0 Å². The number of hydrogen-bond donors (Lipinski definition) is 0. The summed E-state index contributed by atoms with van der Waals surface area (Å²) in [7, 11) is 4.85. The maximum Gasteiger partial charge on any atom is 0.254 e. The number of likely N-dealkylation sites (N-methyl/N-ethyl adjacent to an activating group) is 2. The van der Waals surface area contributed by atoms with Crippen molar-refractivity contribution in [3.63, 3.8) is 0 Å². The van der Waals surface area contributed by atoms with Crippen molar-refractivity contribution in [3.05, 3.63) is 45.6 Å². The molecule has 0 spiro atoms. The van der Waals surface area contributed by atoms with Gasteiger partial charge < -0.3 is 19.3 Å². The van der Waals surface area contributed by atoms with Gasteiger partial charge in [0.05, 0.1) is 26.2 Å². The summed E-state index contributed by atoms with van der Waals surface area (Å²) < 4.78 is 10.8. The first-order valence-electron chi connectivity index (χ1n) is 9.33. The second-order valence-corrected chi connectivity index (χ2v) is 7.64. The van der Waals surface area contributed by atoms with Crippen molar-refractivity contribution in [3.8, 4) is 11.5 Å². The van der Waals surface area contributed by atoms with Gasteiger partial charge in [-0.2, -0.15) is 0 Å². The van der Waals surface area contributed by atoms with Crippen molar-refractivity contribution < 1.29 is 19.1 Å². The number of benzene rings is 1. The van der Waals surface area contributed by atoms with E-state index in [4.69, 9.17) is 9.47 Å². The van der Waals surface area contributed by atoms with Gasteiger partial charge in [0.15, 0.2) is 11.5 Å². The normalized spacial score (nSPS) is 18.6. The molecule has 1 aromatic heterocycles. The van der Waals surface area contributed by atoms with Gasteiger partial charge in [0.25, 0.3) is 5.91 Å². The standard InChI is InChI=1S/C21H26N2O4S/c1-6-23(7-2)21(25)18-13-11-15(26-4)16(27-5)12-14(13)20(24)22(3)19(18)17-9-8-10-28-17/h8-12,18-19H,6-7H2,1-5H3. The predicted octanol–water partition coefficient (Wildman–Crippen LogP) is 3.54. The molecular weight excluding hydrogens is 376 g/mol. The summed E-state index contributed by atoms with van der Waals surface area (Å²) in [5.74, 6) is 0.373. The summed E-state index contributed by atoms with van der Waals surface area (Å²) in [5, 5.41) is 1.97. The molecule has 2 aromatic rings. The summed E-state index contributed by atoms with van der Waals surface area (Å²) in [6, 6.07) is 7.03. The minimum Gasteiger partial charge on any atom is -0.493 e. The monoisotopic (exact) mass is 402 g/mol. The Hall–Kier alpha value is -2.54. The molecule has 150 valence electrons. The molecule has 1 aliphatic rings. The number of amides is 2. The van der Waals surface area contributed by atoms with Crippen LogP contribution in [0.4, 0.5) is 0 Å². The maximum atomic E-state index is 13.6. The Morgan fingerprint density at radius 3 is 2.36 bits per heavy atom. The molecule has 2 unspecified atom stereocenters. The topological polar surface area (TPSA) is 59.1 Å². The zero-order valence-corrected chi connectivity index (χ0v) is 17.7. The third kappa shape index (κ3) is 3.24. The number of carbonyl (C=O) groups is 2. The Labute approximate surface area is 169 Å². The molecule has 3 rings (SSSR count). The minimum absolute atomic E-state index is 0.0104. The highest BCUT2D eigenvalue weighted by Crippen LogP contribution is 2.47. The fraction of sp³-hybridized carbons (Fsp3) is 0.429. The fourth-order valence-electron chi connectivity index (χ4n) is 3.86. The van der Waals surface area contributed by atoms with Gasteiger partial charge in [-0.3, -0.25) is 9.59 Å². The Kier molecular flexibility index (Phi) is 5.93. The molecule has 28 heavy (non-hydrogen) atoms. The highest BCUT2D eigenvalue weighted by molar-refractivity contribution is 7.10. The minimum atomic E-state index is -0.504. The third-order valence-corrected chi connectivity index (χ3v) is 6.29. The lowest BCUT2D eigenvalue weighted by molar-refractivity contribution is -0.134. The van der Waals surface area contributed by atoms with Gasteiger partial charge in [-0.15, -0.1) is 11.3 Å². The lowest BCUT2D eigenvalue weighted by atomic mass is 9.81. The lowest BCUT2D eigenvalue weighted by Crippen LogP contribution is -2.46. The van der Waals surface area contributed by atoms with Crippen LogP contribution in [0.15, 0.2) is 29.6 Å². The van der Waals surface area contributed by atoms with Crippen LogP contribution in [0.25, 0.3) is 0 Å². The molecule has 6 nitrogen and oxygen atoms in total. The van der Waals surface area contributed by atoms with Crippen LogP contribution in [-0.4, -0.2) is 56.0 Å². The van der Waals surface area contributed by atoms with Crippen LogP contribution in [0.3, 0.4) is 0 Å². The highest BCUT2D eigenvalue weighted by Gasteiger charge is 2.45. The molecule has 0 radical (unpaired) electrons. The van der Waals surface area contributed by atoms with Gasteiger partial charge in [-0.1, -0.05) is 6.07 Å². The van der Waals surface area contributed by atoms with Crippen LogP contribution in [0.1, 0.15) is 46.6 Å². The van der Waals surface area contributed by atoms with Gasteiger partial charge in [0.1, 0.15) is 0 Å². The second kappa shape index (κ2) is 8.22. The Morgan fingerprint density at radius 1 is 1.18 bits per heavy atom. The summed E-state index contributed by atoms with van der Waals surface area (Å²) in [5.41, 5.74) is 1.18. The molecule has 0 aliphatic carbocycles. The van der Waals surface area contributed by atoms with Crippen LogP contribution in [-0.2, 0) is 4.79 Å². The number of hydrogen-bond acceptors (Lipinski definition) is 5. The molecule has 7 heteroatoms. The number of fused-ring (bicyclic) bond motifs is 1. The van der Waals surface area contributed by atoms with Crippen molar-refractivity contribution >= 4 is 23.2 Å². The summed E-state index contributed by atoms with van der Waals surface area (Å²) >= 11 is 1.56. The number of methoxy groups -OCH3 is 2. The van der Waals surface area contributed by atoms with E-state index in [1.165, 1.54) is 7.11 Å². The smallest absolute Gasteiger partial charge is 0.254 e. The fourth-order valence-corrected chi connectivity index (χ4v) is 4.77. The second-order valence-electron chi connectivity index (χ2n) is 6.66. The first-order chi connectivity index (χ1) is 13.5. The van der Waals surface area contributed by atoms with Gasteiger partial charge in [0, 0.05) is 30.6 Å². The van der Waals surface area contributed by atoms with E-state index in [-0.39, 0.29) is 17.9 Å². The van der Waals surface area contributed by atoms with E-state index in [1.54, 1.807) is 42.5 Å². The van der Waals surface area contributed by atoms with Crippen LogP contribution in [0.5, 0.6) is 11.5 Å². The molecule has 0 fully saturated rings. The SMILES string of the molecule is CCN(CC)C(=O)C1c2cc(OC)c(OC)cc2C(=O)N(C)C1c1cccs1. The highest BCUT2D eigenvalue weighted by atomic mass is 32.1. The van der Waals surface area contributed by atoms with E-state index in [9.17, 15) is 9.59 Å². The van der Waals surface area contributed by atoms with Crippen LogP contribution >= 0.6 is 11.3 Å². The first-order valence-corrected chi connectivity index (χ1v) is 10.2. The largest absolute Gasteiger partial charge is 0.493 e. The van der Waals surface area contributed by atoms with Crippen LogP contribution < -0.4 is 9.47 Å². The predicted molar refractivity (Wildman–Crippen MR) is 109 cm³/mol. The molecule has 0 bridgehead atoms. The molecule has 2 atom stereocenters. The molecule has 1 aliphatic heterocycles. The zero-order chi connectivity index (χ0) is 20.4. The van der Waals surface area contributed by atoms with Gasteiger partial charge >= 0.3 is 0 Å². The Balaban J connectivity index is 2.25. The third-order valence-electron chi connectivity index (χ3n) is 5.35. The van der Waals surface area contributed by atoms with Crippen molar-refractivity contribution in [2.75, 3.05) is 34.4 Å². The average Bonchev–Trinajstić information content (AvgIpc) is 3.24. The Bertz CT molecular complexity index is 862. The van der Waals surface area contributed by atoms with Gasteiger partial charge in [-0.05, 0) is 43.0 Å². The summed E-state index contributed by atoms with van der Waals surface area (Å²) in [4.78, 5) is 31.2. The van der Waals surface area contributed by atoms with Crippen LogP contribution in [0, 0.1) is 0 Å². The van der Waals surface area contributed by atoms with Gasteiger partial charge in [0.2, 0.25) is 5.91 Å². The number of nitrogens with zero attached hydrogens (tertiary/aromatic N) is 2. The van der Waals surface area contributed by atoms with E-state index >= 15 is 0 Å². The quantitative estimate of drug-likeness (QED) is 0.742. The first kappa shape index (κ1) is 20.2. The maximum absolute atomic E-state index is 13.6. The molecule has 0 saturated carbocycles. The summed E-state index contributed by atoms with van der Waals surface area (Å²) in [6.07, 6.45) is 0. The van der Waals surface area contributed by atoms with Crippen molar-refractivity contribution in [1.82, 2.24) is 9.80 Å². The van der Waals surface area contributed by atoms with E-state index < -0.39 is 5.92 Å². The van der Waals surface area contributed by atoms with Crippen molar-refractivity contribution in [2.45, 2.75) is 25.8 Å². The van der Waals surface area contributed by atoms with Crippen molar-refractivity contribution in [2.24, 2.45) is 0 Å². The van der Waals surface area contributed by atoms with E-state index in [0.29, 0.717) is 35.7 Å². The number of thiophene rings is 1. The number of carbonyl (C=O) groups excluding carboxylic acids is 2. The molecule has 2 amide bonds. The molecular formula is C21H26N2O4S. The number of rotatable bonds is 6. The molecule has 2 heterocycles. The Morgan fingerprint density at radius 2 is 1.82 bits per heavy atom. The van der Waals surface area contributed by atoms with Gasteiger partial charge in [-0.25, -0.2) is 0 Å². The summed E-state index contributed by atoms with van der Waals surface area (Å²) in [6.45, 7) is 5.16. The molecule has 1 aromatic carbocycles. The molecule has 0 N–H and O–H groups in total. The molecule has 0 saturated heterocycles. The number of ether oxygens (including phenoxy) is 2. The van der Waals surface area contributed by atoms with Crippen LogP contribution in [0.2, 0.25) is 0 Å². The van der Waals surface area contributed by atoms with E-state index in [0.717, 1.165) is 4.88 Å². The average molecular weight is 403 g/mol. The van der Waals surface area contributed by atoms with E-state index in [1.807, 2.05) is 36.3 Å².